The van der Waals surface area contributed by atoms with Gasteiger partial charge in [-0.2, -0.15) is 0 Å². The van der Waals surface area contributed by atoms with E-state index in [1.807, 2.05) is 30.3 Å². The Hall–Kier alpha value is -1.85. The highest BCUT2D eigenvalue weighted by Crippen LogP contribution is 2.36. The lowest BCUT2D eigenvalue weighted by Crippen LogP contribution is -2.12. The summed E-state index contributed by atoms with van der Waals surface area (Å²) in [6, 6.07) is 14.8. The van der Waals surface area contributed by atoms with Gasteiger partial charge in [0.1, 0.15) is 0 Å². The molecule has 2 rings (SSSR count). The summed E-state index contributed by atoms with van der Waals surface area (Å²) in [6.45, 7) is 3.71. The van der Waals surface area contributed by atoms with Crippen molar-refractivity contribution >= 4 is 17.4 Å². The predicted octanol–water partition coefficient (Wildman–Crippen LogP) is 3.86. The highest BCUT2D eigenvalue weighted by atomic mass is 32.2. The lowest BCUT2D eigenvalue weighted by molar-refractivity contribution is -0.387. The van der Waals surface area contributed by atoms with E-state index in [0.29, 0.717) is 4.90 Å². The molecule has 0 atom stereocenters. The van der Waals surface area contributed by atoms with E-state index in [-0.39, 0.29) is 10.6 Å². The number of nitro groups is 1. The van der Waals surface area contributed by atoms with E-state index < -0.39 is 0 Å². The summed E-state index contributed by atoms with van der Waals surface area (Å²) in [6.07, 6.45) is 0. The minimum atomic E-state index is -0.338. The quantitative estimate of drug-likeness (QED) is 0.648. The van der Waals surface area contributed by atoms with Crippen LogP contribution in [0.15, 0.2) is 58.3 Å². The summed E-state index contributed by atoms with van der Waals surface area (Å²) in [5.41, 5.74) is 1.30. The predicted molar refractivity (Wildman–Crippen MR) is 81.0 cm³/mol. The van der Waals surface area contributed by atoms with Crippen molar-refractivity contribution in [2.45, 2.75) is 23.3 Å². The smallest absolute Gasteiger partial charge is 0.283 e. The zero-order valence-corrected chi connectivity index (χ0v) is 12.0. The Bertz CT molecular complexity index is 602. The lowest BCUT2D eigenvalue weighted by atomic mass is 10.2. The highest BCUT2D eigenvalue weighted by Gasteiger charge is 2.14. The Morgan fingerprint density at radius 2 is 1.75 bits per heavy atom. The normalized spacial score (nSPS) is 10.4. The first-order valence-corrected chi connectivity index (χ1v) is 7.24. The second-order valence-electron chi connectivity index (χ2n) is 4.21. The van der Waals surface area contributed by atoms with Crippen LogP contribution in [0.25, 0.3) is 0 Å². The van der Waals surface area contributed by atoms with Crippen molar-refractivity contribution in [3.05, 3.63) is 64.2 Å². The number of benzene rings is 2. The molecule has 4 nitrogen and oxygen atoms in total. The molecule has 0 aromatic heterocycles. The minimum Gasteiger partial charge on any atom is -0.313 e. The molecule has 2 aromatic carbocycles. The molecule has 0 saturated carbocycles. The van der Waals surface area contributed by atoms with E-state index in [2.05, 4.69) is 12.2 Å². The average Bonchev–Trinajstić information content (AvgIpc) is 2.47. The summed E-state index contributed by atoms with van der Waals surface area (Å²) in [7, 11) is 0. The summed E-state index contributed by atoms with van der Waals surface area (Å²) in [5, 5.41) is 14.3. The van der Waals surface area contributed by atoms with Crippen LogP contribution in [0.1, 0.15) is 12.5 Å². The largest absolute Gasteiger partial charge is 0.313 e. The zero-order valence-electron chi connectivity index (χ0n) is 11.2. The summed E-state index contributed by atoms with van der Waals surface area (Å²) >= 11 is 1.44. The lowest BCUT2D eigenvalue weighted by Gasteiger charge is -2.09. The second-order valence-corrected chi connectivity index (χ2v) is 5.30. The Morgan fingerprint density at radius 3 is 2.45 bits per heavy atom. The fourth-order valence-corrected chi connectivity index (χ4v) is 2.87. The van der Waals surface area contributed by atoms with Gasteiger partial charge in [-0.15, -0.1) is 0 Å². The molecule has 0 aliphatic carbocycles. The van der Waals surface area contributed by atoms with Gasteiger partial charge in [-0.1, -0.05) is 49.0 Å². The van der Waals surface area contributed by atoms with E-state index in [0.717, 1.165) is 23.5 Å². The monoisotopic (exact) mass is 288 g/mol. The maximum Gasteiger partial charge on any atom is 0.283 e. The number of para-hydroxylation sites is 1. The molecule has 0 spiro atoms. The minimum absolute atomic E-state index is 0.149. The molecule has 0 amide bonds. The Morgan fingerprint density at radius 1 is 1.10 bits per heavy atom. The van der Waals surface area contributed by atoms with Crippen LogP contribution in [0.4, 0.5) is 5.69 Å². The molecule has 0 heterocycles. The van der Waals surface area contributed by atoms with E-state index in [9.17, 15) is 10.1 Å². The Balaban J connectivity index is 2.28. The van der Waals surface area contributed by atoms with Crippen LogP contribution in [-0.4, -0.2) is 11.5 Å². The molecule has 20 heavy (non-hydrogen) atoms. The first-order chi connectivity index (χ1) is 9.72. The third-order valence-electron chi connectivity index (χ3n) is 2.82. The van der Waals surface area contributed by atoms with Crippen LogP contribution in [0.5, 0.6) is 0 Å². The zero-order chi connectivity index (χ0) is 14.4. The van der Waals surface area contributed by atoms with Crippen molar-refractivity contribution in [3.63, 3.8) is 0 Å². The van der Waals surface area contributed by atoms with Gasteiger partial charge >= 0.3 is 0 Å². The van der Waals surface area contributed by atoms with Crippen molar-refractivity contribution in [1.29, 1.82) is 0 Å². The molecule has 0 aliphatic heterocycles. The maximum absolute atomic E-state index is 11.0. The maximum atomic E-state index is 11.0. The number of hydrogen-bond donors (Lipinski definition) is 1. The van der Waals surface area contributed by atoms with Crippen molar-refractivity contribution in [2.75, 3.05) is 6.54 Å². The van der Waals surface area contributed by atoms with Crippen LogP contribution in [0.3, 0.4) is 0 Å². The van der Waals surface area contributed by atoms with Crippen molar-refractivity contribution in [3.8, 4) is 0 Å². The van der Waals surface area contributed by atoms with Crippen LogP contribution < -0.4 is 5.32 Å². The first kappa shape index (κ1) is 14.6. The average molecular weight is 288 g/mol. The summed E-state index contributed by atoms with van der Waals surface area (Å²) in [4.78, 5) is 12.4. The first-order valence-electron chi connectivity index (χ1n) is 6.42. The third kappa shape index (κ3) is 3.59. The van der Waals surface area contributed by atoms with Crippen molar-refractivity contribution < 1.29 is 4.92 Å². The van der Waals surface area contributed by atoms with Crippen LogP contribution in [0, 0.1) is 10.1 Å². The fourth-order valence-electron chi connectivity index (χ4n) is 1.82. The molecule has 0 aliphatic rings. The van der Waals surface area contributed by atoms with Gasteiger partial charge in [0, 0.05) is 17.5 Å². The van der Waals surface area contributed by atoms with Gasteiger partial charge in [-0.25, -0.2) is 0 Å². The van der Waals surface area contributed by atoms with Gasteiger partial charge < -0.3 is 5.32 Å². The summed E-state index contributed by atoms with van der Waals surface area (Å²) < 4.78 is 0. The fraction of sp³-hybridized carbons (Fsp3) is 0.200. The molecule has 0 bridgehead atoms. The number of nitrogens with one attached hydrogen (secondary N) is 1. The van der Waals surface area contributed by atoms with Gasteiger partial charge in [0.15, 0.2) is 0 Å². The van der Waals surface area contributed by atoms with Gasteiger partial charge in [-0.3, -0.25) is 10.1 Å². The van der Waals surface area contributed by atoms with Crippen LogP contribution in [0.2, 0.25) is 0 Å². The SMILES string of the molecule is CCNCc1ccccc1Sc1ccccc1[N+](=O)[O-]. The molecule has 2 aromatic rings. The molecule has 5 heteroatoms. The van der Waals surface area contributed by atoms with E-state index in [1.54, 1.807) is 12.1 Å². The molecule has 0 radical (unpaired) electrons. The Kier molecular flexibility index (Phi) is 5.15. The third-order valence-corrected chi connectivity index (χ3v) is 4.00. The van der Waals surface area contributed by atoms with Crippen LogP contribution in [-0.2, 0) is 6.54 Å². The standard InChI is InChI=1S/C15H16N2O2S/c1-2-16-11-12-7-3-5-9-14(12)20-15-10-6-4-8-13(15)17(18)19/h3-10,16H,2,11H2,1H3. The molecule has 104 valence electrons. The summed E-state index contributed by atoms with van der Waals surface area (Å²) in [5.74, 6) is 0. The number of nitrogens with zero attached hydrogens (tertiary/aromatic N) is 1. The van der Waals surface area contributed by atoms with Crippen molar-refractivity contribution in [1.82, 2.24) is 5.32 Å². The molecular formula is C15H16N2O2S. The second kappa shape index (κ2) is 7.07. The number of nitro benzene ring substituents is 1. The van der Waals surface area contributed by atoms with Gasteiger partial charge in [-0.05, 0) is 24.2 Å². The Labute approximate surface area is 122 Å². The van der Waals surface area contributed by atoms with E-state index in [4.69, 9.17) is 0 Å². The molecule has 0 fully saturated rings. The van der Waals surface area contributed by atoms with E-state index in [1.165, 1.54) is 17.8 Å². The van der Waals surface area contributed by atoms with E-state index >= 15 is 0 Å². The molecule has 0 unspecified atom stereocenters. The van der Waals surface area contributed by atoms with Gasteiger partial charge in [0.25, 0.3) is 5.69 Å². The van der Waals surface area contributed by atoms with Gasteiger partial charge in [0.2, 0.25) is 0 Å². The highest BCUT2D eigenvalue weighted by molar-refractivity contribution is 7.99. The topological polar surface area (TPSA) is 55.2 Å². The number of hydrogen-bond acceptors (Lipinski definition) is 4. The van der Waals surface area contributed by atoms with Gasteiger partial charge in [0.05, 0.1) is 9.82 Å². The van der Waals surface area contributed by atoms with Crippen molar-refractivity contribution in [2.24, 2.45) is 0 Å². The molecular weight excluding hydrogens is 272 g/mol. The van der Waals surface area contributed by atoms with Crippen LogP contribution >= 0.6 is 11.8 Å². The molecule has 1 N–H and O–H groups in total. The molecule has 0 saturated heterocycles. The number of rotatable bonds is 6.